The molecule has 1 N–H and O–H groups in total. The zero-order valence-corrected chi connectivity index (χ0v) is 75.2. The van der Waals surface area contributed by atoms with Crippen molar-refractivity contribution in [3.8, 4) is 72.6 Å². The zero-order chi connectivity index (χ0) is 76.5. The topological polar surface area (TPSA) is 261 Å². The van der Waals surface area contributed by atoms with Crippen LogP contribution in [-0.2, 0) is 38.2 Å². The van der Waals surface area contributed by atoms with Gasteiger partial charge in [-0.3, -0.25) is 34.0 Å². The second kappa shape index (κ2) is 50.5. The fourth-order valence-corrected chi connectivity index (χ4v) is 10.5. The van der Waals surface area contributed by atoms with Crippen molar-refractivity contribution in [2.24, 2.45) is 0 Å². The number of hydrogen-bond acceptors (Lipinski definition) is 20. The molecule has 34 heteroatoms. The Bertz CT molecular complexity index is 4390. The average molecular weight is 1660 g/mol. The van der Waals surface area contributed by atoms with E-state index in [0.717, 1.165) is 124 Å². The summed E-state index contributed by atoms with van der Waals surface area (Å²) in [5, 5.41) is 30.9. The molecule has 107 heavy (non-hydrogen) atoms. The summed E-state index contributed by atoms with van der Waals surface area (Å²) in [7, 11) is 9.44. The van der Waals surface area contributed by atoms with E-state index in [1.54, 1.807) is 55.2 Å². The first-order valence-electron chi connectivity index (χ1n) is 33.4. The quantitative estimate of drug-likeness (QED) is 0.0218. The molecule has 0 bridgehead atoms. The van der Waals surface area contributed by atoms with Crippen molar-refractivity contribution in [2.75, 3.05) is 61.9 Å². The van der Waals surface area contributed by atoms with Crippen LogP contribution in [0.3, 0.4) is 0 Å². The Labute approximate surface area is 734 Å². The number of nitrogens with zero attached hydrogens (tertiary/aromatic N) is 15. The predicted molar refractivity (Wildman–Crippen MR) is 417 cm³/mol. The normalized spacial score (nSPS) is 12.3. The van der Waals surface area contributed by atoms with Crippen molar-refractivity contribution in [3.63, 3.8) is 0 Å². The molecule has 11 aromatic rings. The molecule has 0 aliphatic carbocycles. The van der Waals surface area contributed by atoms with Gasteiger partial charge in [-0.05, 0) is 225 Å². The van der Waals surface area contributed by atoms with Gasteiger partial charge in [0.05, 0.1) is 29.3 Å². The molecule has 23 nitrogen and oxygen atoms in total. The van der Waals surface area contributed by atoms with Crippen LogP contribution in [0, 0.1) is 11.6 Å². The molecule has 0 saturated carbocycles. The summed E-state index contributed by atoms with van der Waals surface area (Å²) in [5.41, 5.74) is 11.5. The monoisotopic (exact) mass is 1660 g/mol. The Balaban J connectivity index is 0.000000285. The van der Waals surface area contributed by atoms with Crippen LogP contribution in [0.1, 0.15) is 54.4 Å². The third kappa shape index (κ3) is 33.6. The van der Waals surface area contributed by atoms with E-state index in [0.29, 0.717) is 29.2 Å². The molecule has 1 aliphatic heterocycles. The number of benzene rings is 2. The van der Waals surface area contributed by atoms with Gasteiger partial charge in [-0.25, -0.2) is 23.4 Å². The molecule has 1 fully saturated rings. The number of rotatable bonds is 22. The first-order chi connectivity index (χ1) is 50.3. The number of aromatic nitrogens is 12. The summed E-state index contributed by atoms with van der Waals surface area (Å²) in [5.74, 6) is -0.756. The van der Waals surface area contributed by atoms with Crippen LogP contribution >= 0.6 is 47.4 Å². The van der Waals surface area contributed by atoms with Crippen molar-refractivity contribution in [2.45, 2.75) is 85.2 Å². The third-order valence-electron chi connectivity index (χ3n) is 15.7. The number of aryl methyl sites for hydroxylation is 3. The maximum absolute atomic E-state index is 14.2. The number of halogens is 5. The van der Waals surface area contributed by atoms with E-state index < -0.39 is 14.1 Å². The van der Waals surface area contributed by atoms with E-state index in [9.17, 15) is 8.78 Å². The molecule has 1 aliphatic rings. The fraction of sp³-hybridized carbons (Fsp3) is 0.301. The van der Waals surface area contributed by atoms with Crippen molar-refractivity contribution in [1.29, 1.82) is 0 Å². The van der Waals surface area contributed by atoms with Gasteiger partial charge in [0.15, 0.2) is 5.82 Å². The van der Waals surface area contributed by atoms with Gasteiger partial charge in [0.25, 0.3) is 0 Å². The zero-order valence-electron chi connectivity index (χ0n) is 61.8. The van der Waals surface area contributed by atoms with Gasteiger partial charge < -0.3 is 43.8 Å². The van der Waals surface area contributed by atoms with Crippen molar-refractivity contribution in [1.82, 2.24) is 73.9 Å². The van der Waals surface area contributed by atoms with Crippen molar-refractivity contribution in [3.05, 3.63) is 222 Å². The van der Waals surface area contributed by atoms with E-state index in [4.69, 9.17) is 52.3 Å². The Morgan fingerprint density at radius 1 is 0.570 bits per heavy atom. The van der Waals surface area contributed by atoms with Crippen LogP contribution in [0.2, 0.25) is 10.3 Å². The van der Waals surface area contributed by atoms with Gasteiger partial charge in [-0.1, -0.05) is 54.9 Å². The SMILES string of the molecule is C.CN(C)CCCn1cc(-c2cncc(-c3ccnc(-c4ccccc4F)c3)c2)cn1.CN(C)CCCn1cc(-c2cncc(-c3ccnc(Cl)c3)c2)cn1.CN(C)CCCn1cc(B2OC(C)(C)C(C)(C)O2)cn1.Clc1cc(-c2cncc(Br)c2)ccn1.O=[P+]([O-])O[O-].O[B]Oc1ccccc1F.[K+].[K][K]. The molecule has 1 radical (unpaired) electrons. The van der Waals surface area contributed by atoms with Crippen LogP contribution < -0.4 is 71.7 Å². The second-order valence-electron chi connectivity index (χ2n) is 25.0. The summed E-state index contributed by atoms with van der Waals surface area (Å²) in [6, 6.07) is 29.9. The van der Waals surface area contributed by atoms with Gasteiger partial charge >= 0.3 is 138 Å². The predicted octanol–water partition coefficient (Wildman–Crippen LogP) is 8.98. The second-order valence-corrected chi connectivity index (χ2v) is 27.3. The first-order valence-corrected chi connectivity index (χ1v) is 52.1. The molecular formula is C73H85B2BrCl2F2K3N15O8P. The molecule has 1 atom stereocenters. The van der Waals surface area contributed by atoms with Crippen molar-refractivity contribution < 1.29 is 98.5 Å². The number of pyridine rings is 6. The van der Waals surface area contributed by atoms with E-state index in [1.807, 2.05) is 118 Å². The molecule has 9 aromatic heterocycles. The van der Waals surface area contributed by atoms with Gasteiger partial charge in [-0.2, -0.15) is 15.3 Å². The Kier molecular flexibility index (Phi) is 45.3. The van der Waals surface area contributed by atoms with Gasteiger partial charge in [0.2, 0.25) is 0 Å². The van der Waals surface area contributed by atoms with Gasteiger partial charge in [0.1, 0.15) is 21.9 Å². The molecule has 549 valence electrons. The Morgan fingerprint density at radius 2 is 0.963 bits per heavy atom. The number of hydrogen-bond donors (Lipinski definition) is 1. The van der Waals surface area contributed by atoms with Crippen LogP contribution in [0.15, 0.2) is 201 Å². The minimum atomic E-state index is -3.15. The molecule has 12 rings (SSSR count). The third-order valence-corrected chi connectivity index (χ3v) is 16.7. The van der Waals surface area contributed by atoms with Crippen molar-refractivity contribution >= 4 is 131 Å². The molecule has 2 aromatic carbocycles. The summed E-state index contributed by atoms with van der Waals surface area (Å²) in [6.07, 6.45) is 30.9. The summed E-state index contributed by atoms with van der Waals surface area (Å²) < 4.78 is 61.3. The van der Waals surface area contributed by atoms with E-state index in [-0.39, 0.29) is 88.7 Å². The van der Waals surface area contributed by atoms with Gasteiger partial charge in [0, 0.05) is 155 Å². The van der Waals surface area contributed by atoms with E-state index in [2.05, 4.69) is 173 Å². The maximum atomic E-state index is 14.2. The summed E-state index contributed by atoms with van der Waals surface area (Å²) in [4.78, 5) is 40.5. The minimum absolute atomic E-state index is 0. The van der Waals surface area contributed by atoms with Crippen LogP contribution in [-0.4, -0.2) is 230 Å². The van der Waals surface area contributed by atoms with E-state index in [1.165, 1.54) is 81.4 Å². The average Bonchev–Trinajstić information content (AvgIpc) is 1.64. The van der Waals surface area contributed by atoms with Crippen LogP contribution in [0.4, 0.5) is 8.78 Å². The Morgan fingerprint density at radius 3 is 1.38 bits per heavy atom. The first kappa shape index (κ1) is 95.8. The molecular weight excluding hydrogens is 1570 g/mol. The van der Waals surface area contributed by atoms with Crippen LogP contribution in [0.25, 0.3) is 66.9 Å². The molecule has 1 unspecified atom stereocenters. The van der Waals surface area contributed by atoms with Gasteiger partial charge in [-0.15, -0.1) is 0 Å². The summed E-state index contributed by atoms with van der Waals surface area (Å²) >= 11 is 17.6. The molecule has 0 spiro atoms. The summed E-state index contributed by atoms with van der Waals surface area (Å²) in [6.45, 7) is 14.1. The Hall–Kier alpha value is -3.53. The number of para-hydroxylation sites is 1. The fourth-order valence-electron chi connectivity index (χ4n) is 9.79. The molecule has 1 saturated heterocycles. The standard InChI is InChI=1S/C24H24FN5.C18H20ClN5.C14H26BN3O2.C10H6BrClN2.C6H5BFO2.CH4.3K.HO4P/c1-29(2)10-5-11-30-17-21(16-28-30)20-12-19(14-26-15-20)18-8-9-27-24(13-18)22-6-3-4-7-23(22)25;1-23(2)6-3-7-24-13-17(12-22-24)16-8-15(10-20-11-16)14-4-5-21-18(19)9-14;1-13(2)14(3,4)20-15(19-13)12-10-16-18(11-12)9-7-8-17(5)6;11-9-3-8(5-13-6-9)7-1-2-14-10(12)4-7;8-5-3-1-2-4-6(5)10-7-9;;;;;1-4-5(2)3/h3-4,6-9,12-17H,5,10-11H2,1-2H3;4-5,8-13H,3,6-7H2,1-2H3;10-11H,7-9H2,1-6H3;1-6H;1-4,9H;1H4;;;;1H/q;;;;;;;;+1;/p-1. The molecule has 0 amide bonds. The van der Waals surface area contributed by atoms with E-state index >= 15 is 0 Å². The van der Waals surface area contributed by atoms with Crippen LogP contribution in [0.5, 0.6) is 5.75 Å². The molecule has 10 heterocycles.